The van der Waals surface area contributed by atoms with Crippen molar-refractivity contribution >= 4 is 39.8 Å². The molecule has 10 heteroatoms. The molecule has 0 bridgehead atoms. The van der Waals surface area contributed by atoms with Gasteiger partial charge in [0.25, 0.3) is 5.56 Å². The van der Waals surface area contributed by atoms with E-state index in [0.29, 0.717) is 28.4 Å². The van der Waals surface area contributed by atoms with Gasteiger partial charge in [-0.2, -0.15) is 0 Å². The van der Waals surface area contributed by atoms with Gasteiger partial charge in [-0.05, 0) is 60.3 Å². The number of pyridine rings is 3. The molecule has 3 aromatic heterocycles. The lowest BCUT2D eigenvalue weighted by Gasteiger charge is -2.34. The van der Waals surface area contributed by atoms with Crippen LogP contribution in [0.2, 0.25) is 0 Å². The van der Waals surface area contributed by atoms with Crippen molar-refractivity contribution in [3.05, 3.63) is 82.4 Å². The van der Waals surface area contributed by atoms with Crippen molar-refractivity contribution in [2.24, 2.45) is 5.73 Å². The number of anilines is 4. The first-order valence-electron chi connectivity index (χ1n) is 12.8. The van der Waals surface area contributed by atoms with Gasteiger partial charge in [0, 0.05) is 50.8 Å². The van der Waals surface area contributed by atoms with Gasteiger partial charge in [-0.15, -0.1) is 0 Å². The number of likely N-dealkylation sites (N-methyl/N-ethyl adjacent to an activating group) is 1. The molecule has 1 aliphatic rings. The molecule has 5 rings (SSSR count). The van der Waals surface area contributed by atoms with Crippen LogP contribution in [0.4, 0.5) is 23.1 Å². The third kappa shape index (κ3) is 5.99. The number of H-pyrrole nitrogens is 1. The van der Waals surface area contributed by atoms with Crippen LogP contribution in [0.5, 0.6) is 0 Å². The largest absolute Gasteiger partial charge is 0.366 e. The SMILES string of the molecule is CCN1CCN(CCc2ccc(Nc3nc(Nc4ccc(C(N)=O)cn4)cc4cc[nH]c(=O)c34)cc2)CC1. The number of carbonyl (C=O) groups is 1. The maximum Gasteiger partial charge on any atom is 0.259 e. The Morgan fingerprint density at radius 2 is 1.76 bits per heavy atom. The minimum atomic E-state index is -0.542. The molecule has 0 radical (unpaired) electrons. The van der Waals surface area contributed by atoms with E-state index in [1.807, 2.05) is 18.2 Å². The van der Waals surface area contributed by atoms with Crippen LogP contribution >= 0.6 is 0 Å². The number of hydrogen-bond donors (Lipinski definition) is 4. The van der Waals surface area contributed by atoms with Crippen molar-refractivity contribution in [1.29, 1.82) is 0 Å². The number of nitrogens with one attached hydrogen (secondary N) is 3. The highest BCUT2D eigenvalue weighted by Crippen LogP contribution is 2.26. The van der Waals surface area contributed by atoms with Crippen molar-refractivity contribution in [3.8, 4) is 0 Å². The number of carbonyl (C=O) groups excluding carboxylic acids is 1. The Balaban J connectivity index is 1.31. The van der Waals surface area contributed by atoms with E-state index in [1.165, 1.54) is 11.8 Å². The predicted octanol–water partition coefficient (Wildman–Crippen LogP) is 3.08. The summed E-state index contributed by atoms with van der Waals surface area (Å²) >= 11 is 0. The van der Waals surface area contributed by atoms with Crippen LogP contribution in [-0.4, -0.2) is 69.9 Å². The molecule has 0 atom stereocenters. The zero-order valence-electron chi connectivity index (χ0n) is 21.4. The van der Waals surface area contributed by atoms with E-state index < -0.39 is 5.91 Å². The number of primary amides is 1. The molecule has 1 saturated heterocycles. The van der Waals surface area contributed by atoms with Crippen LogP contribution in [0.25, 0.3) is 10.8 Å². The van der Waals surface area contributed by atoms with E-state index in [9.17, 15) is 9.59 Å². The molecule has 196 valence electrons. The quantitative estimate of drug-likeness (QED) is 0.269. The summed E-state index contributed by atoms with van der Waals surface area (Å²) in [4.78, 5) is 40.6. The van der Waals surface area contributed by atoms with Crippen LogP contribution in [0, 0.1) is 0 Å². The molecule has 0 saturated carbocycles. The summed E-state index contributed by atoms with van der Waals surface area (Å²) in [5.74, 6) is 0.893. The van der Waals surface area contributed by atoms with Crippen LogP contribution in [-0.2, 0) is 6.42 Å². The Morgan fingerprint density at radius 3 is 2.45 bits per heavy atom. The second-order valence-electron chi connectivity index (χ2n) is 9.40. The summed E-state index contributed by atoms with van der Waals surface area (Å²) in [6, 6.07) is 15.1. The molecule has 38 heavy (non-hydrogen) atoms. The number of amides is 1. The van der Waals surface area contributed by atoms with Gasteiger partial charge in [0.15, 0.2) is 0 Å². The summed E-state index contributed by atoms with van der Waals surface area (Å²) in [5, 5.41) is 7.64. The first-order chi connectivity index (χ1) is 18.5. The molecule has 0 aliphatic carbocycles. The second-order valence-corrected chi connectivity index (χ2v) is 9.40. The normalized spacial score (nSPS) is 14.4. The number of benzene rings is 1. The molecule has 10 nitrogen and oxygen atoms in total. The molecule has 4 aromatic rings. The maximum atomic E-state index is 12.7. The van der Waals surface area contributed by atoms with Gasteiger partial charge in [0.1, 0.15) is 17.5 Å². The smallest absolute Gasteiger partial charge is 0.259 e. The molecular formula is C28H32N8O2. The third-order valence-corrected chi connectivity index (χ3v) is 6.90. The van der Waals surface area contributed by atoms with Crippen LogP contribution < -0.4 is 21.9 Å². The van der Waals surface area contributed by atoms with Gasteiger partial charge in [0.2, 0.25) is 5.91 Å². The second kappa shape index (κ2) is 11.4. The van der Waals surface area contributed by atoms with Gasteiger partial charge < -0.3 is 31.2 Å². The average molecular weight is 513 g/mol. The standard InChI is InChI=1S/C28H32N8O2/c1-2-35-13-15-36(16-14-35)12-10-19-3-6-22(7-4-19)32-27-25-20(9-11-30-28(25)38)17-24(34-27)33-23-8-5-21(18-31-23)26(29)37/h3-9,11,17-18H,2,10,12-16H2,1H3,(H2,29,37)(H,30,38)(H2,31,32,33,34). The summed E-state index contributed by atoms with van der Waals surface area (Å²) in [5.41, 5.74) is 7.49. The molecular weight excluding hydrogens is 480 g/mol. The highest BCUT2D eigenvalue weighted by atomic mass is 16.1. The molecule has 0 unspecified atom stereocenters. The molecule has 0 spiro atoms. The van der Waals surface area contributed by atoms with Crippen LogP contribution in [0.3, 0.4) is 0 Å². The monoisotopic (exact) mass is 512 g/mol. The van der Waals surface area contributed by atoms with E-state index in [0.717, 1.165) is 56.8 Å². The lowest BCUT2D eigenvalue weighted by Crippen LogP contribution is -2.46. The number of piperazine rings is 1. The van der Waals surface area contributed by atoms with E-state index in [1.54, 1.807) is 24.4 Å². The van der Waals surface area contributed by atoms with Crippen molar-refractivity contribution in [2.45, 2.75) is 13.3 Å². The van der Waals surface area contributed by atoms with E-state index >= 15 is 0 Å². The molecule has 5 N–H and O–H groups in total. The lowest BCUT2D eigenvalue weighted by molar-refractivity contribution is 0.1000. The van der Waals surface area contributed by atoms with Crippen molar-refractivity contribution in [1.82, 2.24) is 24.8 Å². The molecule has 1 amide bonds. The first-order valence-corrected chi connectivity index (χ1v) is 12.8. The number of hydrogen-bond acceptors (Lipinski definition) is 8. The Labute approximate surface area is 220 Å². The Kier molecular flexibility index (Phi) is 7.62. The third-order valence-electron chi connectivity index (χ3n) is 6.90. The zero-order chi connectivity index (χ0) is 26.5. The van der Waals surface area contributed by atoms with Gasteiger partial charge >= 0.3 is 0 Å². The van der Waals surface area contributed by atoms with E-state index in [-0.39, 0.29) is 5.56 Å². The van der Waals surface area contributed by atoms with Gasteiger partial charge in [-0.3, -0.25) is 9.59 Å². The average Bonchev–Trinajstić information content (AvgIpc) is 2.93. The number of nitrogens with zero attached hydrogens (tertiary/aromatic N) is 4. The van der Waals surface area contributed by atoms with Crippen molar-refractivity contribution in [3.63, 3.8) is 0 Å². The number of aromatic amines is 1. The Morgan fingerprint density at radius 1 is 1.00 bits per heavy atom. The molecule has 1 fully saturated rings. The number of aromatic nitrogens is 3. The van der Waals surface area contributed by atoms with Crippen LogP contribution in [0.1, 0.15) is 22.8 Å². The summed E-state index contributed by atoms with van der Waals surface area (Å²) in [7, 11) is 0. The minimum Gasteiger partial charge on any atom is -0.366 e. The highest BCUT2D eigenvalue weighted by Gasteiger charge is 2.15. The highest BCUT2D eigenvalue weighted by molar-refractivity contribution is 5.95. The van der Waals surface area contributed by atoms with E-state index in [2.05, 4.69) is 54.4 Å². The fraction of sp³-hybridized carbons (Fsp3) is 0.286. The maximum absolute atomic E-state index is 12.7. The minimum absolute atomic E-state index is 0.229. The number of nitrogens with two attached hydrogens (primary N) is 1. The van der Waals surface area contributed by atoms with Crippen LogP contribution in [0.15, 0.2) is 65.7 Å². The molecule has 4 heterocycles. The lowest BCUT2D eigenvalue weighted by atomic mass is 10.1. The molecule has 1 aliphatic heterocycles. The Bertz CT molecular complexity index is 1460. The van der Waals surface area contributed by atoms with Crippen molar-refractivity contribution < 1.29 is 4.79 Å². The summed E-state index contributed by atoms with van der Waals surface area (Å²) < 4.78 is 0. The van der Waals surface area contributed by atoms with Gasteiger partial charge in [-0.25, -0.2) is 9.97 Å². The number of rotatable bonds is 9. The fourth-order valence-corrected chi connectivity index (χ4v) is 4.62. The van der Waals surface area contributed by atoms with Gasteiger partial charge in [-0.1, -0.05) is 19.1 Å². The van der Waals surface area contributed by atoms with Gasteiger partial charge in [0.05, 0.1) is 10.9 Å². The first kappa shape index (κ1) is 25.4. The molecule has 1 aromatic carbocycles. The fourth-order valence-electron chi connectivity index (χ4n) is 4.62. The zero-order valence-corrected chi connectivity index (χ0v) is 21.4. The summed E-state index contributed by atoms with van der Waals surface area (Å²) in [6.07, 6.45) is 4.01. The van der Waals surface area contributed by atoms with Crippen molar-refractivity contribution in [2.75, 3.05) is 49.9 Å². The predicted molar refractivity (Wildman–Crippen MR) is 150 cm³/mol. The Hall–Kier alpha value is -4.28. The summed E-state index contributed by atoms with van der Waals surface area (Å²) in [6.45, 7) is 8.91. The topological polar surface area (TPSA) is 132 Å². The van der Waals surface area contributed by atoms with E-state index in [4.69, 9.17) is 5.73 Å². The number of fused-ring (bicyclic) bond motifs is 1.